The molecule has 0 aromatic heterocycles. The van der Waals surface area contributed by atoms with Gasteiger partial charge >= 0.3 is 12.1 Å². The molecule has 0 saturated heterocycles. The van der Waals surface area contributed by atoms with Crippen molar-refractivity contribution in [1.29, 1.82) is 0 Å². The minimum Gasteiger partial charge on any atom is -0.475 e. The van der Waals surface area contributed by atoms with Gasteiger partial charge in [-0.15, -0.1) is 0 Å². The fourth-order valence-corrected chi connectivity index (χ4v) is 2.39. The average Bonchev–Trinajstić information content (AvgIpc) is 2.67. The highest BCUT2D eigenvalue weighted by molar-refractivity contribution is 7.80. The molecule has 0 aliphatic heterocycles. The lowest BCUT2D eigenvalue weighted by atomic mass is 9.87. The van der Waals surface area contributed by atoms with E-state index in [-0.39, 0.29) is 16.4 Å². The second-order valence-corrected chi connectivity index (χ2v) is 7.89. The Morgan fingerprint density at radius 3 is 1.72 bits per heavy atom. The number of carboxylic acids is 1. The van der Waals surface area contributed by atoms with E-state index in [0.29, 0.717) is 16.8 Å². The maximum atomic E-state index is 12.2. The lowest BCUT2D eigenvalue weighted by Gasteiger charge is -2.19. The van der Waals surface area contributed by atoms with Crippen LogP contribution < -0.4 is 16.4 Å². The number of rotatable bonds is 3. The molecule has 0 bridgehead atoms. The van der Waals surface area contributed by atoms with Crippen LogP contribution in [0.2, 0.25) is 0 Å². The number of hydrogen-bond acceptors (Lipinski definition) is 4. The molecule has 0 spiro atoms. The zero-order valence-corrected chi connectivity index (χ0v) is 18.2. The van der Waals surface area contributed by atoms with Crippen molar-refractivity contribution in [1.82, 2.24) is 5.32 Å². The van der Waals surface area contributed by atoms with E-state index < -0.39 is 18.1 Å². The van der Waals surface area contributed by atoms with E-state index in [1.165, 1.54) is 0 Å². The molecule has 2 rings (SSSR count). The van der Waals surface area contributed by atoms with Crippen molar-refractivity contribution in [3.8, 4) is 0 Å². The number of hydrogen-bond donors (Lipinski definition) is 4. The van der Waals surface area contributed by atoms with Gasteiger partial charge in [0.25, 0.3) is 5.91 Å². The van der Waals surface area contributed by atoms with E-state index in [1.54, 1.807) is 36.4 Å². The maximum absolute atomic E-state index is 12.2. The Kier molecular flexibility index (Phi) is 8.89. The predicted octanol–water partition coefficient (Wildman–Crippen LogP) is 3.84. The summed E-state index contributed by atoms with van der Waals surface area (Å²) < 4.78 is 31.7. The standard InChI is InChI=1S/C19H21N3O2S.C2HF3O2/c1-19(2,3)14-8-4-13(5-9-14)17(24)22-18(25)21-15-10-6-12(7-11-15)16(20)23;3-2(4,5)1(6)7/h4-11H,1-3H3,(H2,20,23)(H2,21,22,24,25);(H,6,7). The summed E-state index contributed by atoms with van der Waals surface area (Å²) in [6.45, 7) is 6.35. The predicted molar refractivity (Wildman–Crippen MR) is 117 cm³/mol. The molecular weight excluding hydrogens is 447 g/mol. The Morgan fingerprint density at radius 1 is 0.906 bits per heavy atom. The number of carbonyl (C=O) groups is 3. The molecule has 5 N–H and O–H groups in total. The highest BCUT2D eigenvalue weighted by Gasteiger charge is 2.38. The molecule has 7 nitrogen and oxygen atoms in total. The van der Waals surface area contributed by atoms with E-state index >= 15 is 0 Å². The summed E-state index contributed by atoms with van der Waals surface area (Å²) in [4.78, 5) is 32.2. The molecular formula is C21H22F3N3O4S. The van der Waals surface area contributed by atoms with Gasteiger partial charge in [0.1, 0.15) is 0 Å². The van der Waals surface area contributed by atoms with Crippen molar-refractivity contribution in [2.24, 2.45) is 5.73 Å². The summed E-state index contributed by atoms with van der Waals surface area (Å²) in [5, 5.41) is 12.8. The van der Waals surface area contributed by atoms with Gasteiger partial charge in [-0.1, -0.05) is 32.9 Å². The molecule has 172 valence electrons. The quantitative estimate of drug-likeness (QED) is 0.507. The van der Waals surface area contributed by atoms with Crippen molar-refractivity contribution in [2.75, 3.05) is 5.32 Å². The second kappa shape index (κ2) is 10.7. The number of carboxylic acid groups (broad SMARTS) is 1. The second-order valence-electron chi connectivity index (χ2n) is 7.48. The molecule has 0 aliphatic rings. The molecule has 0 atom stereocenters. The zero-order chi connectivity index (χ0) is 24.7. The fourth-order valence-electron chi connectivity index (χ4n) is 2.18. The third-order valence-electron chi connectivity index (χ3n) is 3.91. The van der Waals surface area contributed by atoms with Gasteiger partial charge < -0.3 is 16.2 Å². The normalized spacial score (nSPS) is 10.9. The minimum absolute atomic E-state index is 0.0307. The zero-order valence-electron chi connectivity index (χ0n) is 17.4. The number of primary amides is 1. The number of halogens is 3. The van der Waals surface area contributed by atoms with Crippen LogP contribution >= 0.6 is 12.2 Å². The summed E-state index contributed by atoms with van der Waals surface area (Å²) in [6.07, 6.45) is -5.08. The monoisotopic (exact) mass is 469 g/mol. The van der Waals surface area contributed by atoms with Gasteiger partial charge in [-0.05, 0) is 59.6 Å². The van der Waals surface area contributed by atoms with Gasteiger partial charge in [0.2, 0.25) is 5.91 Å². The number of carbonyl (C=O) groups excluding carboxylic acids is 2. The van der Waals surface area contributed by atoms with Crippen LogP contribution in [0.4, 0.5) is 18.9 Å². The topological polar surface area (TPSA) is 122 Å². The summed E-state index contributed by atoms with van der Waals surface area (Å²) in [5.41, 5.74) is 7.96. The first-order valence-corrected chi connectivity index (χ1v) is 9.45. The first kappa shape index (κ1) is 26.6. The van der Waals surface area contributed by atoms with Crippen LogP contribution in [0.15, 0.2) is 48.5 Å². The number of nitrogens with two attached hydrogens (primary N) is 1. The Hall–Kier alpha value is -3.47. The van der Waals surface area contributed by atoms with E-state index in [9.17, 15) is 22.8 Å². The van der Waals surface area contributed by atoms with Gasteiger partial charge in [0.05, 0.1) is 0 Å². The molecule has 0 fully saturated rings. The summed E-state index contributed by atoms with van der Waals surface area (Å²) >= 11 is 5.15. The fraction of sp³-hybridized carbons (Fsp3) is 0.238. The summed E-state index contributed by atoms with van der Waals surface area (Å²) in [6, 6.07) is 13.9. The number of aliphatic carboxylic acids is 1. The van der Waals surface area contributed by atoms with E-state index in [2.05, 4.69) is 31.4 Å². The Bertz CT molecular complexity index is 983. The Morgan fingerprint density at radius 2 is 1.34 bits per heavy atom. The van der Waals surface area contributed by atoms with Crippen LogP contribution in [-0.2, 0) is 10.2 Å². The maximum Gasteiger partial charge on any atom is 0.490 e. The first-order valence-electron chi connectivity index (χ1n) is 9.04. The van der Waals surface area contributed by atoms with E-state index in [4.69, 9.17) is 27.9 Å². The van der Waals surface area contributed by atoms with Crippen molar-refractivity contribution < 1.29 is 32.7 Å². The molecule has 0 aliphatic carbocycles. The molecule has 2 amide bonds. The third-order valence-corrected chi connectivity index (χ3v) is 4.11. The number of thiocarbonyl (C=S) groups is 1. The van der Waals surface area contributed by atoms with Crippen LogP contribution in [0.1, 0.15) is 47.1 Å². The van der Waals surface area contributed by atoms with Crippen molar-refractivity contribution in [3.05, 3.63) is 65.2 Å². The van der Waals surface area contributed by atoms with Gasteiger partial charge in [0.15, 0.2) is 5.11 Å². The van der Waals surface area contributed by atoms with Gasteiger partial charge in [-0.2, -0.15) is 13.2 Å². The molecule has 32 heavy (non-hydrogen) atoms. The number of alkyl halides is 3. The van der Waals surface area contributed by atoms with Gasteiger partial charge in [-0.25, -0.2) is 4.79 Å². The van der Waals surface area contributed by atoms with Crippen LogP contribution in [0, 0.1) is 0 Å². The molecule has 2 aromatic carbocycles. The van der Waals surface area contributed by atoms with Crippen molar-refractivity contribution in [2.45, 2.75) is 32.4 Å². The number of anilines is 1. The van der Waals surface area contributed by atoms with E-state index in [1.807, 2.05) is 12.1 Å². The van der Waals surface area contributed by atoms with Crippen molar-refractivity contribution in [3.63, 3.8) is 0 Å². The Balaban J connectivity index is 0.000000633. The number of amides is 2. The lowest BCUT2D eigenvalue weighted by molar-refractivity contribution is -0.192. The Labute approximate surface area is 187 Å². The molecule has 0 radical (unpaired) electrons. The van der Waals surface area contributed by atoms with Gasteiger partial charge in [0, 0.05) is 16.8 Å². The van der Waals surface area contributed by atoms with Crippen molar-refractivity contribution >= 4 is 40.8 Å². The lowest BCUT2D eigenvalue weighted by Crippen LogP contribution is -2.34. The molecule has 0 heterocycles. The summed E-state index contributed by atoms with van der Waals surface area (Å²) in [5.74, 6) is -3.54. The smallest absolute Gasteiger partial charge is 0.475 e. The van der Waals surface area contributed by atoms with Gasteiger partial charge in [-0.3, -0.25) is 14.9 Å². The average molecular weight is 469 g/mol. The van der Waals surface area contributed by atoms with Crippen LogP contribution in [0.25, 0.3) is 0 Å². The molecule has 0 unspecified atom stereocenters. The molecule has 2 aromatic rings. The van der Waals surface area contributed by atoms with Crippen LogP contribution in [0.3, 0.4) is 0 Å². The van der Waals surface area contributed by atoms with Crippen LogP contribution in [0.5, 0.6) is 0 Å². The number of nitrogens with one attached hydrogen (secondary N) is 2. The first-order chi connectivity index (χ1) is 14.6. The summed E-state index contributed by atoms with van der Waals surface area (Å²) in [7, 11) is 0. The highest BCUT2D eigenvalue weighted by atomic mass is 32.1. The molecule has 0 saturated carbocycles. The molecule has 11 heteroatoms. The third kappa shape index (κ3) is 8.72. The number of benzene rings is 2. The van der Waals surface area contributed by atoms with Crippen LogP contribution in [-0.4, -0.2) is 34.2 Å². The highest BCUT2D eigenvalue weighted by Crippen LogP contribution is 2.22. The largest absolute Gasteiger partial charge is 0.490 e. The SMILES string of the molecule is CC(C)(C)c1ccc(C(=O)NC(=S)Nc2ccc(C(N)=O)cc2)cc1.O=C(O)C(F)(F)F. The van der Waals surface area contributed by atoms with E-state index in [0.717, 1.165) is 5.56 Å². The minimum atomic E-state index is -5.08.